The van der Waals surface area contributed by atoms with Gasteiger partial charge in [0.2, 0.25) is 16.0 Å². The highest BCUT2D eigenvalue weighted by Crippen LogP contribution is 2.38. The van der Waals surface area contributed by atoms with Crippen molar-refractivity contribution >= 4 is 27.6 Å². The summed E-state index contributed by atoms with van der Waals surface area (Å²) in [4.78, 5) is 8.24. The fraction of sp³-hybridized carbons (Fsp3) is 0.348. The first kappa shape index (κ1) is 27.3. The van der Waals surface area contributed by atoms with Crippen molar-refractivity contribution in [3.05, 3.63) is 53.3 Å². The van der Waals surface area contributed by atoms with Gasteiger partial charge in [0, 0.05) is 32.2 Å². The molecule has 15 heteroatoms. The van der Waals surface area contributed by atoms with Gasteiger partial charge in [-0.05, 0) is 26.0 Å². The highest BCUT2D eigenvalue weighted by Gasteiger charge is 2.35. The van der Waals surface area contributed by atoms with Gasteiger partial charge in [-0.25, -0.2) is 18.4 Å². The van der Waals surface area contributed by atoms with Crippen molar-refractivity contribution in [1.82, 2.24) is 34.5 Å². The minimum atomic E-state index is -4.14. The fourth-order valence-electron chi connectivity index (χ4n) is 3.87. The number of nitrogens with zero attached hydrogens (tertiary/aromatic N) is 7. The first-order valence-electron chi connectivity index (χ1n) is 11.3. The van der Waals surface area contributed by atoms with Crippen molar-refractivity contribution in [3.63, 3.8) is 0 Å². The van der Waals surface area contributed by atoms with Crippen LogP contribution in [0.4, 0.5) is 5.95 Å². The summed E-state index contributed by atoms with van der Waals surface area (Å²) in [6, 6.07) is 5.19. The Labute approximate surface area is 224 Å². The maximum absolute atomic E-state index is 13.6. The SMILES string of the molecule is COc1cccc(OC)c1-n1c(NS(=O)(=O)[C@@H](C)[C@H](OC)c2ncc(Cl)cn2)nnc1-c1cnn(C)c1C. The average Bonchev–Trinajstić information content (AvgIpc) is 3.46. The molecule has 0 aliphatic rings. The van der Waals surface area contributed by atoms with E-state index < -0.39 is 21.4 Å². The Kier molecular flexibility index (Phi) is 7.85. The average molecular weight is 563 g/mol. The molecule has 0 spiro atoms. The van der Waals surface area contributed by atoms with Crippen molar-refractivity contribution in [1.29, 1.82) is 0 Å². The number of rotatable bonds is 10. The van der Waals surface area contributed by atoms with Crippen LogP contribution in [0.25, 0.3) is 17.1 Å². The molecular formula is C23H27ClN8O5S. The van der Waals surface area contributed by atoms with Gasteiger partial charge in [-0.3, -0.25) is 14.0 Å². The number of methoxy groups -OCH3 is 3. The molecule has 38 heavy (non-hydrogen) atoms. The van der Waals surface area contributed by atoms with Crippen LogP contribution in [0.5, 0.6) is 11.5 Å². The second kappa shape index (κ2) is 10.9. The van der Waals surface area contributed by atoms with E-state index in [1.807, 2.05) is 6.92 Å². The van der Waals surface area contributed by atoms with E-state index in [-0.39, 0.29) is 11.8 Å². The first-order valence-corrected chi connectivity index (χ1v) is 13.2. The molecule has 1 aromatic carbocycles. The Morgan fingerprint density at radius 2 is 1.66 bits per heavy atom. The number of para-hydroxylation sites is 1. The summed E-state index contributed by atoms with van der Waals surface area (Å²) in [5.41, 5.74) is 1.82. The van der Waals surface area contributed by atoms with Gasteiger partial charge in [-0.2, -0.15) is 5.10 Å². The highest BCUT2D eigenvalue weighted by atomic mass is 35.5. The van der Waals surface area contributed by atoms with Gasteiger partial charge in [0.25, 0.3) is 0 Å². The number of anilines is 1. The van der Waals surface area contributed by atoms with Gasteiger partial charge >= 0.3 is 0 Å². The predicted molar refractivity (Wildman–Crippen MR) is 140 cm³/mol. The lowest BCUT2D eigenvalue weighted by Crippen LogP contribution is -2.33. The molecule has 1 N–H and O–H groups in total. The van der Waals surface area contributed by atoms with Crippen LogP contribution < -0.4 is 14.2 Å². The first-order chi connectivity index (χ1) is 18.1. The molecule has 3 aromatic heterocycles. The number of aromatic nitrogens is 7. The summed E-state index contributed by atoms with van der Waals surface area (Å²) >= 11 is 5.89. The van der Waals surface area contributed by atoms with Gasteiger partial charge < -0.3 is 14.2 Å². The molecule has 0 saturated heterocycles. The number of halogens is 1. The third-order valence-electron chi connectivity index (χ3n) is 6.06. The number of benzene rings is 1. The van der Waals surface area contributed by atoms with E-state index in [0.29, 0.717) is 33.6 Å². The second-order valence-corrected chi connectivity index (χ2v) is 10.7. The molecule has 0 bridgehead atoms. The molecule has 4 aromatic rings. The number of hydrogen-bond donors (Lipinski definition) is 1. The predicted octanol–water partition coefficient (Wildman–Crippen LogP) is 2.95. The van der Waals surface area contributed by atoms with Crippen molar-refractivity contribution in [2.24, 2.45) is 7.05 Å². The zero-order valence-electron chi connectivity index (χ0n) is 21.6. The van der Waals surface area contributed by atoms with E-state index in [0.717, 1.165) is 5.69 Å². The smallest absolute Gasteiger partial charge is 0.243 e. The van der Waals surface area contributed by atoms with E-state index in [9.17, 15) is 8.42 Å². The van der Waals surface area contributed by atoms with Crippen LogP contribution in [0, 0.1) is 6.92 Å². The van der Waals surface area contributed by atoms with Crippen LogP contribution in [0.3, 0.4) is 0 Å². The Bertz CT molecular complexity index is 1520. The number of nitrogens with one attached hydrogen (secondary N) is 1. The van der Waals surface area contributed by atoms with E-state index >= 15 is 0 Å². The minimum Gasteiger partial charge on any atom is -0.494 e. The molecular weight excluding hydrogens is 536 g/mol. The van der Waals surface area contributed by atoms with Crippen LogP contribution in [0.1, 0.15) is 24.5 Å². The highest BCUT2D eigenvalue weighted by molar-refractivity contribution is 7.93. The molecule has 0 aliphatic carbocycles. The Balaban J connectivity index is 1.85. The van der Waals surface area contributed by atoms with Crippen molar-refractivity contribution in [3.8, 4) is 28.6 Å². The third-order valence-corrected chi connectivity index (χ3v) is 7.95. The van der Waals surface area contributed by atoms with E-state index in [2.05, 4.69) is 30.0 Å². The zero-order valence-corrected chi connectivity index (χ0v) is 23.1. The molecule has 0 aliphatic heterocycles. The molecule has 3 heterocycles. The molecule has 202 valence electrons. The molecule has 0 amide bonds. The summed E-state index contributed by atoms with van der Waals surface area (Å²) in [7, 11) is 2.02. The van der Waals surface area contributed by atoms with Crippen LogP contribution in [-0.4, -0.2) is 69.5 Å². The lowest BCUT2D eigenvalue weighted by molar-refractivity contribution is 0.0950. The molecule has 13 nitrogen and oxygen atoms in total. The maximum Gasteiger partial charge on any atom is 0.243 e. The monoisotopic (exact) mass is 562 g/mol. The lowest BCUT2D eigenvalue weighted by Gasteiger charge is -2.22. The quantitative estimate of drug-likeness (QED) is 0.306. The van der Waals surface area contributed by atoms with Crippen LogP contribution >= 0.6 is 11.6 Å². The number of aryl methyl sites for hydroxylation is 1. The number of sulfonamides is 1. The van der Waals surface area contributed by atoms with E-state index in [1.165, 1.54) is 45.2 Å². The van der Waals surface area contributed by atoms with Gasteiger partial charge in [-0.1, -0.05) is 17.7 Å². The van der Waals surface area contributed by atoms with E-state index in [1.54, 1.807) is 36.1 Å². The fourth-order valence-corrected chi connectivity index (χ4v) is 5.09. The summed E-state index contributed by atoms with van der Waals surface area (Å²) in [5.74, 6) is 1.21. The Morgan fingerprint density at radius 3 is 2.18 bits per heavy atom. The largest absolute Gasteiger partial charge is 0.494 e. The van der Waals surface area contributed by atoms with Gasteiger partial charge in [-0.15, -0.1) is 10.2 Å². The van der Waals surface area contributed by atoms with Gasteiger partial charge in [0.1, 0.15) is 28.5 Å². The Hall–Kier alpha value is -3.75. The summed E-state index contributed by atoms with van der Waals surface area (Å²) in [5, 5.41) is 12.0. The van der Waals surface area contributed by atoms with Gasteiger partial charge in [0.15, 0.2) is 11.6 Å². The number of ether oxygens (including phenoxy) is 3. The molecule has 4 rings (SSSR count). The van der Waals surface area contributed by atoms with Crippen molar-refractivity contribution in [2.75, 3.05) is 26.1 Å². The normalized spacial score (nSPS) is 13.2. The maximum atomic E-state index is 13.6. The molecule has 0 saturated carbocycles. The summed E-state index contributed by atoms with van der Waals surface area (Å²) in [6.07, 6.45) is 3.37. The molecule has 0 unspecified atom stereocenters. The zero-order chi connectivity index (χ0) is 27.6. The Morgan fingerprint density at radius 1 is 1.03 bits per heavy atom. The van der Waals surface area contributed by atoms with Crippen LogP contribution in [-0.2, 0) is 21.8 Å². The summed E-state index contributed by atoms with van der Waals surface area (Å²) in [6.45, 7) is 3.34. The van der Waals surface area contributed by atoms with Crippen LogP contribution in [0.15, 0.2) is 36.8 Å². The number of hydrogen-bond acceptors (Lipinski definition) is 10. The molecule has 2 atom stereocenters. The minimum absolute atomic E-state index is 0.0928. The van der Waals surface area contributed by atoms with Crippen molar-refractivity contribution in [2.45, 2.75) is 25.2 Å². The van der Waals surface area contributed by atoms with Gasteiger partial charge in [0.05, 0.1) is 31.0 Å². The third kappa shape index (κ3) is 5.01. The lowest BCUT2D eigenvalue weighted by atomic mass is 10.2. The second-order valence-electron chi connectivity index (χ2n) is 8.23. The summed E-state index contributed by atoms with van der Waals surface area (Å²) < 4.78 is 49.6. The molecule has 0 fully saturated rings. The van der Waals surface area contributed by atoms with Crippen LogP contribution in [0.2, 0.25) is 5.02 Å². The standard InChI is InChI=1S/C23H27ClN8O5S/c1-13-16(12-27-31(13)3)22-28-29-23(32(22)19-17(35-4)8-7-9-18(19)36-5)30-38(33,34)14(2)20(37-6)21-25-10-15(24)11-26-21/h7-12,14,20H,1-6H3,(H,29,30)/t14-,20-/m0/s1. The van der Waals surface area contributed by atoms with E-state index in [4.69, 9.17) is 25.8 Å². The topological polar surface area (TPSA) is 148 Å². The molecule has 0 radical (unpaired) electrons. The van der Waals surface area contributed by atoms with Crippen molar-refractivity contribution < 1.29 is 22.6 Å².